The molecule has 1 fully saturated rings. The van der Waals surface area contributed by atoms with Crippen LogP contribution in [0, 0.1) is 6.92 Å². The van der Waals surface area contributed by atoms with Gasteiger partial charge in [0.1, 0.15) is 5.75 Å². The predicted molar refractivity (Wildman–Crippen MR) is 109 cm³/mol. The summed E-state index contributed by atoms with van der Waals surface area (Å²) in [7, 11) is 0. The Hall–Kier alpha value is -2.24. The van der Waals surface area contributed by atoms with Crippen LogP contribution in [-0.2, 0) is 9.53 Å². The number of nitrogens with one attached hydrogen (secondary N) is 1. The summed E-state index contributed by atoms with van der Waals surface area (Å²) in [5, 5.41) is 3.72. The molecule has 27 heavy (non-hydrogen) atoms. The van der Waals surface area contributed by atoms with E-state index in [2.05, 4.69) is 10.2 Å². The maximum atomic E-state index is 12.3. The number of para-hydroxylation sites is 2. The number of ether oxygens (including phenoxy) is 2. The number of carbonyl (C=O) groups excluding carboxylic acids is 1. The molecule has 144 valence electrons. The minimum Gasteiger partial charge on any atom is -0.493 e. The Morgan fingerprint density at radius 3 is 2.78 bits per heavy atom. The van der Waals surface area contributed by atoms with Crippen LogP contribution in [0.4, 0.5) is 11.4 Å². The van der Waals surface area contributed by atoms with E-state index in [0.29, 0.717) is 37.7 Å². The van der Waals surface area contributed by atoms with Crippen LogP contribution in [-0.4, -0.2) is 38.8 Å². The van der Waals surface area contributed by atoms with Crippen LogP contribution < -0.4 is 15.0 Å². The summed E-state index contributed by atoms with van der Waals surface area (Å²) in [5.41, 5.74) is 2.88. The summed E-state index contributed by atoms with van der Waals surface area (Å²) in [4.78, 5) is 14.6. The molecule has 1 N–H and O–H groups in total. The minimum absolute atomic E-state index is 0.00728. The molecule has 0 aromatic heterocycles. The van der Waals surface area contributed by atoms with Crippen molar-refractivity contribution in [3.8, 4) is 5.75 Å². The second-order valence-corrected chi connectivity index (χ2v) is 6.96. The van der Waals surface area contributed by atoms with Gasteiger partial charge in [-0.1, -0.05) is 23.7 Å². The van der Waals surface area contributed by atoms with Crippen molar-refractivity contribution in [2.75, 3.05) is 43.1 Å². The summed E-state index contributed by atoms with van der Waals surface area (Å²) < 4.78 is 11.2. The lowest BCUT2D eigenvalue weighted by Gasteiger charge is -2.30. The molecule has 0 bridgehead atoms. The lowest BCUT2D eigenvalue weighted by molar-refractivity contribution is -0.116. The number of anilines is 2. The zero-order chi connectivity index (χ0) is 19.1. The summed E-state index contributed by atoms with van der Waals surface area (Å²) in [6, 6.07) is 13.4. The number of morpholine rings is 1. The Kier molecular flexibility index (Phi) is 6.96. The first-order valence-electron chi connectivity index (χ1n) is 9.24. The van der Waals surface area contributed by atoms with Gasteiger partial charge < -0.3 is 19.7 Å². The molecule has 0 saturated carbocycles. The first-order chi connectivity index (χ1) is 13.1. The summed E-state index contributed by atoms with van der Waals surface area (Å²) in [6.45, 7) is 5.54. The lowest BCUT2D eigenvalue weighted by Crippen LogP contribution is -2.36. The van der Waals surface area contributed by atoms with E-state index in [9.17, 15) is 4.79 Å². The minimum atomic E-state index is -0.00728. The van der Waals surface area contributed by atoms with Crippen molar-refractivity contribution < 1.29 is 14.3 Å². The van der Waals surface area contributed by atoms with Gasteiger partial charge in [0.25, 0.3) is 0 Å². The van der Waals surface area contributed by atoms with Crippen LogP contribution in [0.3, 0.4) is 0 Å². The highest BCUT2D eigenvalue weighted by Crippen LogP contribution is 2.26. The highest BCUT2D eigenvalue weighted by Gasteiger charge is 2.15. The molecule has 0 unspecified atom stereocenters. The van der Waals surface area contributed by atoms with E-state index in [1.807, 2.05) is 43.3 Å². The fourth-order valence-corrected chi connectivity index (χ4v) is 3.29. The van der Waals surface area contributed by atoms with Crippen LogP contribution in [0.15, 0.2) is 42.5 Å². The lowest BCUT2D eigenvalue weighted by atomic mass is 10.2. The maximum Gasteiger partial charge on any atom is 0.224 e. The van der Waals surface area contributed by atoms with Crippen LogP contribution in [0.5, 0.6) is 5.75 Å². The first-order valence-corrected chi connectivity index (χ1v) is 9.62. The van der Waals surface area contributed by atoms with Crippen molar-refractivity contribution >= 4 is 28.9 Å². The van der Waals surface area contributed by atoms with Crippen LogP contribution >= 0.6 is 11.6 Å². The van der Waals surface area contributed by atoms with Gasteiger partial charge in [0.05, 0.1) is 31.2 Å². The monoisotopic (exact) mass is 388 g/mol. The summed E-state index contributed by atoms with van der Waals surface area (Å²) in [5.74, 6) is 0.796. The van der Waals surface area contributed by atoms with Gasteiger partial charge in [-0.3, -0.25) is 4.79 Å². The molecule has 0 aliphatic carbocycles. The largest absolute Gasteiger partial charge is 0.493 e. The summed E-state index contributed by atoms with van der Waals surface area (Å²) >= 11 is 5.95. The second kappa shape index (κ2) is 9.62. The van der Waals surface area contributed by atoms with Crippen molar-refractivity contribution in [1.29, 1.82) is 0 Å². The van der Waals surface area contributed by atoms with E-state index in [-0.39, 0.29) is 5.91 Å². The van der Waals surface area contributed by atoms with Gasteiger partial charge in [-0.2, -0.15) is 0 Å². The van der Waals surface area contributed by atoms with Crippen molar-refractivity contribution in [3.05, 3.63) is 53.1 Å². The number of nitrogens with zero attached hydrogens (tertiary/aromatic N) is 1. The van der Waals surface area contributed by atoms with Crippen LogP contribution in [0.25, 0.3) is 0 Å². The fraction of sp³-hybridized carbons (Fsp3) is 0.381. The third-order valence-electron chi connectivity index (χ3n) is 4.47. The molecule has 1 heterocycles. The molecule has 1 amide bonds. The van der Waals surface area contributed by atoms with Crippen LogP contribution in [0.2, 0.25) is 5.02 Å². The normalized spacial score (nSPS) is 14.1. The molecular weight excluding hydrogens is 364 g/mol. The molecule has 6 heteroatoms. The fourth-order valence-electron chi connectivity index (χ4n) is 3.06. The number of aryl methyl sites for hydroxylation is 1. The predicted octanol–water partition coefficient (Wildman–Crippen LogP) is 4.28. The first kappa shape index (κ1) is 19.5. The van der Waals surface area contributed by atoms with Crippen molar-refractivity contribution in [2.45, 2.75) is 19.8 Å². The molecule has 1 saturated heterocycles. The molecule has 3 rings (SSSR count). The second-order valence-electron chi connectivity index (χ2n) is 6.53. The molecule has 1 aliphatic rings. The Bertz CT molecular complexity index is 776. The number of halogens is 1. The Labute approximate surface area is 165 Å². The summed E-state index contributed by atoms with van der Waals surface area (Å²) in [6.07, 6.45) is 1.05. The molecule has 2 aromatic carbocycles. The van der Waals surface area contributed by atoms with Gasteiger partial charge in [-0.25, -0.2) is 0 Å². The van der Waals surface area contributed by atoms with Crippen molar-refractivity contribution in [3.63, 3.8) is 0 Å². The Morgan fingerprint density at radius 2 is 2.00 bits per heavy atom. The van der Waals surface area contributed by atoms with E-state index in [1.165, 1.54) is 0 Å². The number of rotatable bonds is 7. The molecular formula is C21H25ClN2O3. The number of benzene rings is 2. The number of amides is 1. The van der Waals surface area contributed by atoms with E-state index >= 15 is 0 Å². The maximum absolute atomic E-state index is 12.3. The number of hydrogen-bond acceptors (Lipinski definition) is 4. The van der Waals surface area contributed by atoms with Gasteiger partial charge >= 0.3 is 0 Å². The van der Waals surface area contributed by atoms with Gasteiger partial charge in [0.2, 0.25) is 5.91 Å². The molecule has 1 aliphatic heterocycles. The standard InChI is InChI=1S/C21H25ClN2O3/c1-16-15-17(22)8-9-20(16)27-12-4-7-21(25)23-18-5-2-3-6-19(18)24-10-13-26-14-11-24/h2-3,5-6,8-9,15H,4,7,10-14H2,1H3,(H,23,25). The van der Waals surface area contributed by atoms with Gasteiger partial charge in [0, 0.05) is 24.5 Å². The highest BCUT2D eigenvalue weighted by molar-refractivity contribution is 6.30. The quantitative estimate of drug-likeness (QED) is 0.719. The number of carbonyl (C=O) groups is 1. The van der Waals surface area contributed by atoms with E-state index in [4.69, 9.17) is 21.1 Å². The van der Waals surface area contributed by atoms with Crippen LogP contribution in [0.1, 0.15) is 18.4 Å². The highest BCUT2D eigenvalue weighted by atomic mass is 35.5. The zero-order valence-electron chi connectivity index (χ0n) is 15.5. The zero-order valence-corrected chi connectivity index (χ0v) is 16.3. The molecule has 0 atom stereocenters. The van der Waals surface area contributed by atoms with E-state index < -0.39 is 0 Å². The Morgan fingerprint density at radius 1 is 1.22 bits per heavy atom. The smallest absolute Gasteiger partial charge is 0.224 e. The average Bonchev–Trinajstić information content (AvgIpc) is 2.68. The van der Waals surface area contributed by atoms with Crippen molar-refractivity contribution in [1.82, 2.24) is 0 Å². The third kappa shape index (κ3) is 5.62. The SMILES string of the molecule is Cc1cc(Cl)ccc1OCCCC(=O)Nc1ccccc1N1CCOCC1. The number of hydrogen-bond donors (Lipinski definition) is 1. The molecule has 0 spiro atoms. The molecule has 5 nitrogen and oxygen atoms in total. The van der Waals surface area contributed by atoms with E-state index in [1.54, 1.807) is 6.07 Å². The third-order valence-corrected chi connectivity index (χ3v) is 4.71. The van der Waals surface area contributed by atoms with Gasteiger partial charge in [0.15, 0.2) is 0 Å². The Balaban J connectivity index is 1.48. The average molecular weight is 389 g/mol. The topological polar surface area (TPSA) is 50.8 Å². The molecule has 0 radical (unpaired) electrons. The van der Waals surface area contributed by atoms with Gasteiger partial charge in [-0.15, -0.1) is 0 Å². The van der Waals surface area contributed by atoms with Gasteiger partial charge in [-0.05, 0) is 49.2 Å². The molecule has 2 aromatic rings. The van der Waals surface area contributed by atoms with E-state index in [0.717, 1.165) is 35.8 Å². The van der Waals surface area contributed by atoms with Crippen molar-refractivity contribution in [2.24, 2.45) is 0 Å².